The lowest BCUT2D eigenvalue weighted by molar-refractivity contribution is -0.126. The van der Waals surface area contributed by atoms with Crippen LogP contribution in [0.1, 0.15) is 5.56 Å². The number of anilines is 1. The van der Waals surface area contributed by atoms with E-state index in [1.165, 1.54) is 0 Å². The van der Waals surface area contributed by atoms with Crippen LogP contribution in [0.4, 0.5) is 5.82 Å². The molecule has 1 fully saturated rings. The van der Waals surface area contributed by atoms with Crippen molar-refractivity contribution in [2.75, 3.05) is 31.1 Å². The molecule has 5 heteroatoms. The number of amides is 1. The summed E-state index contributed by atoms with van der Waals surface area (Å²) in [7, 11) is 0. The first-order chi connectivity index (χ1) is 10.3. The summed E-state index contributed by atoms with van der Waals surface area (Å²) >= 11 is 1.63. The molecule has 1 aliphatic heterocycles. The van der Waals surface area contributed by atoms with Crippen LogP contribution in [0.3, 0.4) is 0 Å². The van der Waals surface area contributed by atoms with E-state index in [1.54, 1.807) is 23.6 Å². The second-order valence-electron chi connectivity index (χ2n) is 4.89. The van der Waals surface area contributed by atoms with Crippen molar-refractivity contribution in [2.24, 2.45) is 0 Å². The number of piperazine rings is 1. The van der Waals surface area contributed by atoms with Gasteiger partial charge in [-0.25, -0.2) is 4.98 Å². The quantitative estimate of drug-likeness (QED) is 0.817. The molecule has 0 atom stereocenters. The minimum Gasteiger partial charge on any atom is -0.353 e. The second-order valence-corrected chi connectivity index (χ2v) is 5.67. The Balaban J connectivity index is 1.55. The van der Waals surface area contributed by atoms with Gasteiger partial charge in [0.05, 0.1) is 0 Å². The molecule has 1 saturated heterocycles. The van der Waals surface area contributed by atoms with E-state index in [9.17, 15) is 4.79 Å². The van der Waals surface area contributed by atoms with Crippen LogP contribution < -0.4 is 4.90 Å². The highest BCUT2D eigenvalue weighted by molar-refractivity contribution is 7.08. The molecule has 1 aliphatic rings. The lowest BCUT2D eigenvalue weighted by Crippen LogP contribution is -2.48. The van der Waals surface area contributed by atoms with Gasteiger partial charge >= 0.3 is 0 Å². The molecule has 0 radical (unpaired) electrons. The largest absolute Gasteiger partial charge is 0.353 e. The molecule has 3 heterocycles. The van der Waals surface area contributed by atoms with Crippen molar-refractivity contribution in [3.05, 3.63) is 52.9 Å². The molecule has 0 N–H and O–H groups in total. The Labute approximate surface area is 128 Å². The SMILES string of the molecule is O=C(/C=C/c1ccsc1)N1CCN(c2ccccn2)CC1. The lowest BCUT2D eigenvalue weighted by Gasteiger charge is -2.34. The van der Waals surface area contributed by atoms with Crippen LogP contribution in [0.15, 0.2) is 47.3 Å². The predicted octanol–water partition coefficient (Wildman–Crippen LogP) is 2.51. The van der Waals surface area contributed by atoms with E-state index in [0.29, 0.717) is 0 Å². The smallest absolute Gasteiger partial charge is 0.246 e. The maximum Gasteiger partial charge on any atom is 0.246 e. The fraction of sp³-hybridized carbons (Fsp3) is 0.250. The normalized spacial score (nSPS) is 15.6. The lowest BCUT2D eigenvalue weighted by atomic mass is 10.2. The second kappa shape index (κ2) is 6.54. The van der Waals surface area contributed by atoms with Gasteiger partial charge in [-0.3, -0.25) is 4.79 Å². The summed E-state index contributed by atoms with van der Waals surface area (Å²) in [6, 6.07) is 7.92. The maximum absolute atomic E-state index is 12.1. The molecule has 21 heavy (non-hydrogen) atoms. The molecule has 0 aliphatic carbocycles. The number of nitrogens with zero attached hydrogens (tertiary/aromatic N) is 3. The van der Waals surface area contributed by atoms with E-state index in [0.717, 1.165) is 37.6 Å². The minimum atomic E-state index is 0.0851. The summed E-state index contributed by atoms with van der Waals surface area (Å²) in [5.41, 5.74) is 1.08. The first kappa shape index (κ1) is 13.8. The van der Waals surface area contributed by atoms with Crippen LogP contribution in [0.2, 0.25) is 0 Å². The van der Waals surface area contributed by atoms with Crippen LogP contribution >= 0.6 is 11.3 Å². The highest BCUT2D eigenvalue weighted by Crippen LogP contribution is 2.13. The molecule has 0 saturated carbocycles. The van der Waals surface area contributed by atoms with Gasteiger partial charge in [0.2, 0.25) is 5.91 Å². The summed E-state index contributed by atoms with van der Waals surface area (Å²) in [6.07, 6.45) is 5.35. The van der Waals surface area contributed by atoms with Gasteiger partial charge in [0, 0.05) is 38.5 Å². The standard InChI is InChI=1S/C16H17N3OS/c20-16(5-4-14-6-12-21-13-14)19-10-8-18(9-11-19)15-3-1-2-7-17-15/h1-7,12-13H,8-11H2/b5-4+. The van der Waals surface area contributed by atoms with Crippen molar-refractivity contribution in [2.45, 2.75) is 0 Å². The summed E-state index contributed by atoms with van der Waals surface area (Å²) in [5.74, 6) is 1.07. The zero-order valence-corrected chi connectivity index (χ0v) is 12.5. The van der Waals surface area contributed by atoms with E-state index in [-0.39, 0.29) is 5.91 Å². The number of aromatic nitrogens is 1. The molecule has 1 amide bonds. The number of pyridine rings is 1. The average Bonchev–Trinajstić information content (AvgIpc) is 3.07. The fourth-order valence-corrected chi connectivity index (χ4v) is 2.97. The van der Waals surface area contributed by atoms with Gasteiger partial charge in [0.25, 0.3) is 0 Å². The van der Waals surface area contributed by atoms with E-state index >= 15 is 0 Å². The zero-order valence-electron chi connectivity index (χ0n) is 11.7. The number of rotatable bonds is 3. The molecule has 0 unspecified atom stereocenters. The molecule has 4 nitrogen and oxygen atoms in total. The zero-order chi connectivity index (χ0) is 14.5. The molecule has 2 aromatic rings. The van der Waals surface area contributed by atoms with Gasteiger partial charge in [-0.05, 0) is 40.6 Å². The number of hydrogen-bond donors (Lipinski definition) is 0. The molecule has 2 aromatic heterocycles. The van der Waals surface area contributed by atoms with Crippen molar-refractivity contribution >= 4 is 29.1 Å². The Morgan fingerprint density at radius 2 is 2.05 bits per heavy atom. The Hall–Kier alpha value is -2.14. The fourth-order valence-electron chi connectivity index (χ4n) is 2.34. The molecule has 108 valence electrons. The summed E-state index contributed by atoms with van der Waals surface area (Å²) in [5, 5.41) is 4.04. The molecule has 3 rings (SSSR count). The third-order valence-corrected chi connectivity index (χ3v) is 4.23. The van der Waals surface area contributed by atoms with Crippen LogP contribution in [0.5, 0.6) is 0 Å². The monoisotopic (exact) mass is 299 g/mol. The number of carbonyl (C=O) groups is 1. The molecule has 0 aromatic carbocycles. The minimum absolute atomic E-state index is 0.0851. The summed E-state index contributed by atoms with van der Waals surface area (Å²) in [6.45, 7) is 3.14. The highest BCUT2D eigenvalue weighted by atomic mass is 32.1. The van der Waals surface area contributed by atoms with Crippen molar-refractivity contribution in [3.8, 4) is 0 Å². The number of hydrogen-bond acceptors (Lipinski definition) is 4. The molecular formula is C16H17N3OS. The van der Waals surface area contributed by atoms with Crippen molar-refractivity contribution in [1.82, 2.24) is 9.88 Å². The third kappa shape index (κ3) is 3.49. The third-order valence-electron chi connectivity index (χ3n) is 3.53. The number of carbonyl (C=O) groups excluding carboxylic acids is 1. The van der Waals surface area contributed by atoms with Gasteiger partial charge in [-0.15, -0.1) is 0 Å². The van der Waals surface area contributed by atoms with Crippen molar-refractivity contribution in [3.63, 3.8) is 0 Å². The van der Waals surface area contributed by atoms with Gasteiger partial charge in [-0.2, -0.15) is 11.3 Å². The molecule has 0 bridgehead atoms. The predicted molar refractivity (Wildman–Crippen MR) is 86.4 cm³/mol. The van der Waals surface area contributed by atoms with Crippen molar-refractivity contribution in [1.29, 1.82) is 0 Å². The van der Waals surface area contributed by atoms with E-state index in [1.807, 2.05) is 46.0 Å². The Kier molecular flexibility index (Phi) is 4.31. The number of thiophene rings is 1. The molecular weight excluding hydrogens is 282 g/mol. The average molecular weight is 299 g/mol. The van der Waals surface area contributed by atoms with Crippen LogP contribution in [-0.4, -0.2) is 42.0 Å². The van der Waals surface area contributed by atoms with Gasteiger partial charge in [-0.1, -0.05) is 6.07 Å². The van der Waals surface area contributed by atoms with Gasteiger partial charge in [0.1, 0.15) is 5.82 Å². The van der Waals surface area contributed by atoms with Crippen LogP contribution in [0, 0.1) is 0 Å². The molecule has 0 spiro atoms. The van der Waals surface area contributed by atoms with Crippen LogP contribution in [0.25, 0.3) is 6.08 Å². The first-order valence-electron chi connectivity index (χ1n) is 6.98. The Bertz CT molecular complexity index is 602. The summed E-state index contributed by atoms with van der Waals surface area (Å²) in [4.78, 5) is 20.6. The van der Waals surface area contributed by atoms with Gasteiger partial charge in [0.15, 0.2) is 0 Å². The maximum atomic E-state index is 12.1. The van der Waals surface area contributed by atoms with Gasteiger partial charge < -0.3 is 9.80 Å². The first-order valence-corrected chi connectivity index (χ1v) is 7.92. The topological polar surface area (TPSA) is 36.4 Å². The van der Waals surface area contributed by atoms with E-state index < -0.39 is 0 Å². The van der Waals surface area contributed by atoms with E-state index in [2.05, 4.69) is 9.88 Å². The van der Waals surface area contributed by atoms with E-state index in [4.69, 9.17) is 0 Å². The Morgan fingerprint density at radius 3 is 2.71 bits per heavy atom. The highest BCUT2D eigenvalue weighted by Gasteiger charge is 2.20. The van der Waals surface area contributed by atoms with Crippen LogP contribution in [-0.2, 0) is 4.79 Å². The van der Waals surface area contributed by atoms with Crippen molar-refractivity contribution < 1.29 is 4.79 Å². The summed E-state index contributed by atoms with van der Waals surface area (Å²) < 4.78 is 0. The Morgan fingerprint density at radius 1 is 1.19 bits per heavy atom.